The summed E-state index contributed by atoms with van der Waals surface area (Å²) < 4.78 is 0. The average Bonchev–Trinajstić information content (AvgIpc) is 2.49. The third-order valence-electron chi connectivity index (χ3n) is 3.79. The van der Waals surface area contributed by atoms with Crippen LogP contribution in [0.25, 0.3) is 0 Å². The minimum absolute atomic E-state index is 0. The maximum atomic E-state index is 5.92. The second-order valence-electron chi connectivity index (χ2n) is 5.93. The lowest BCUT2D eigenvalue weighted by Crippen LogP contribution is -2.46. The Bertz CT molecular complexity index is 443. The second-order valence-corrected chi connectivity index (χ2v) is 5.93. The van der Waals surface area contributed by atoms with E-state index in [9.17, 15) is 0 Å². The molecule has 2 rings (SSSR count). The molecule has 1 aromatic carbocycles. The van der Waals surface area contributed by atoms with Crippen LogP contribution in [0, 0.1) is 5.92 Å². The molecule has 124 valence electrons. The molecule has 22 heavy (non-hydrogen) atoms. The van der Waals surface area contributed by atoms with E-state index in [0.717, 1.165) is 45.0 Å². The van der Waals surface area contributed by atoms with Gasteiger partial charge in [0.1, 0.15) is 0 Å². The number of hydrogen-bond donors (Lipinski definition) is 2. The zero-order chi connectivity index (χ0) is 15.1. The zero-order valence-corrected chi connectivity index (χ0v) is 15.9. The van der Waals surface area contributed by atoms with E-state index in [0.29, 0.717) is 11.9 Å². The van der Waals surface area contributed by atoms with Crippen molar-refractivity contribution in [1.29, 1.82) is 0 Å². The van der Waals surface area contributed by atoms with Crippen LogP contribution < -0.4 is 11.1 Å². The molecule has 1 unspecified atom stereocenters. The maximum Gasteiger partial charge on any atom is 0.193 e. The van der Waals surface area contributed by atoms with E-state index in [4.69, 9.17) is 5.73 Å². The van der Waals surface area contributed by atoms with Crippen LogP contribution in [0.1, 0.15) is 6.92 Å². The van der Waals surface area contributed by atoms with Crippen LogP contribution in [0.5, 0.6) is 0 Å². The van der Waals surface area contributed by atoms with Crippen LogP contribution in [0.4, 0.5) is 5.69 Å². The largest absolute Gasteiger partial charge is 0.370 e. The topological polar surface area (TPSA) is 56.9 Å². The van der Waals surface area contributed by atoms with Crippen molar-refractivity contribution in [2.24, 2.45) is 16.6 Å². The summed E-state index contributed by atoms with van der Waals surface area (Å²) in [5, 5.41) is 3.11. The van der Waals surface area contributed by atoms with Gasteiger partial charge in [0, 0.05) is 45.0 Å². The van der Waals surface area contributed by atoms with Crippen molar-refractivity contribution < 1.29 is 0 Å². The molecular formula is C16H28IN5. The Labute approximate surface area is 151 Å². The fraction of sp³-hybridized carbons (Fsp3) is 0.562. The van der Waals surface area contributed by atoms with Crippen LogP contribution in [-0.2, 0) is 0 Å². The summed E-state index contributed by atoms with van der Waals surface area (Å²) in [4.78, 5) is 9.34. The average molecular weight is 417 g/mol. The van der Waals surface area contributed by atoms with Gasteiger partial charge < -0.3 is 20.9 Å². The van der Waals surface area contributed by atoms with Crippen LogP contribution in [-0.4, -0.2) is 62.1 Å². The van der Waals surface area contributed by atoms with Crippen molar-refractivity contribution in [3.63, 3.8) is 0 Å². The van der Waals surface area contributed by atoms with E-state index in [1.807, 2.05) is 30.3 Å². The fourth-order valence-corrected chi connectivity index (χ4v) is 2.49. The van der Waals surface area contributed by atoms with Crippen LogP contribution in [0.2, 0.25) is 0 Å². The third-order valence-corrected chi connectivity index (χ3v) is 3.79. The summed E-state index contributed by atoms with van der Waals surface area (Å²) in [7, 11) is 2.18. The van der Waals surface area contributed by atoms with Gasteiger partial charge in [0.25, 0.3) is 0 Å². The number of rotatable bonds is 5. The summed E-state index contributed by atoms with van der Waals surface area (Å²) in [6, 6.07) is 9.90. The van der Waals surface area contributed by atoms with Crippen molar-refractivity contribution in [1.82, 2.24) is 9.80 Å². The molecule has 1 aromatic rings. The maximum absolute atomic E-state index is 5.92. The second kappa shape index (κ2) is 10.0. The Hall–Kier alpha value is -0.860. The lowest BCUT2D eigenvalue weighted by molar-refractivity contribution is 0.140. The normalized spacial score (nSPS) is 18.5. The highest BCUT2D eigenvalue weighted by atomic mass is 127. The lowest BCUT2D eigenvalue weighted by atomic mass is 10.1. The molecule has 0 radical (unpaired) electrons. The number of likely N-dealkylation sites (N-methyl/N-ethyl adjacent to an activating group) is 1. The van der Waals surface area contributed by atoms with E-state index in [1.165, 1.54) is 0 Å². The molecule has 1 fully saturated rings. The number of aliphatic imine (C=N–C) groups is 1. The number of piperazine rings is 1. The number of nitrogens with two attached hydrogens (primary N) is 1. The van der Waals surface area contributed by atoms with Gasteiger partial charge in [0.15, 0.2) is 5.96 Å². The van der Waals surface area contributed by atoms with E-state index < -0.39 is 0 Å². The fourth-order valence-electron chi connectivity index (χ4n) is 2.49. The van der Waals surface area contributed by atoms with Gasteiger partial charge in [-0.3, -0.25) is 4.99 Å². The molecule has 1 heterocycles. The van der Waals surface area contributed by atoms with Crippen LogP contribution in [0.15, 0.2) is 35.3 Å². The highest BCUT2D eigenvalue weighted by Gasteiger charge is 2.15. The van der Waals surface area contributed by atoms with Crippen molar-refractivity contribution in [3.05, 3.63) is 30.3 Å². The molecule has 5 nitrogen and oxygen atoms in total. The summed E-state index contributed by atoms with van der Waals surface area (Å²) in [5.74, 6) is 1.01. The van der Waals surface area contributed by atoms with E-state index >= 15 is 0 Å². The number of para-hydroxylation sites is 1. The number of halogens is 1. The molecular weight excluding hydrogens is 389 g/mol. The summed E-state index contributed by atoms with van der Waals surface area (Å²) in [5.41, 5.74) is 6.90. The first-order valence-electron chi connectivity index (χ1n) is 7.66. The molecule has 1 saturated heterocycles. The quantitative estimate of drug-likeness (QED) is 0.437. The first kappa shape index (κ1) is 19.2. The predicted octanol–water partition coefficient (Wildman–Crippen LogP) is 1.91. The van der Waals surface area contributed by atoms with Gasteiger partial charge in [0.05, 0.1) is 0 Å². The molecule has 1 atom stereocenters. The molecule has 0 bridgehead atoms. The Kier molecular flexibility index (Phi) is 8.74. The third kappa shape index (κ3) is 6.93. The SMILES string of the molecule is CC(CN=C(N)Nc1ccccc1)CN1CCN(C)CC1.I. The number of guanidine groups is 1. The Morgan fingerprint density at radius 1 is 1.23 bits per heavy atom. The van der Waals surface area contributed by atoms with E-state index in [2.05, 4.69) is 34.1 Å². The summed E-state index contributed by atoms with van der Waals surface area (Å²) in [6.45, 7) is 8.72. The minimum Gasteiger partial charge on any atom is -0.370 e. The smallest absolute Gasteiger partial charge is 0.193 e. The Morgan fingerprint density at radius 2 is 1.86 bits per heavy atom. The Balaban J connectivity index is 0.00000242. The van der Waals surface area contributed by atoms with Gasteiger partial charge >= 0.3 is 0 Å². The van der Waals surface area contributed by atoms with Crippen LogP contribution >= 0.6 is 24.0 Å². The zero-order valence-electron chi connectivity index (χ0n) is 13.5. The molecule has 0 amide bonds. The molecule has 1 aliphatic heterocycles. The molecule has 0 aromatic heterocycles. The van der Waals surface area contributed by atoms with Gasteiger partial charge in [0.2, 0.25) is 0 Å². The number of anilines is 1. The van der Waals surface area contributed by atoms with Crippen molar-refractivity contribution in [2.75, 3.05) is 51.6 Å². The van der Waals surface area contributed by atoms with E-state index in [-0.39, 0.29) is 24.0 Å². The van der Waals surface area contributed by atoms with Gasteiger partial charge in [-0.1, -0.05) is 25.1 Å². The predicted molar refractivity (Wildman–Crippen MR) is 105 cm³/mol. The molecule has 1 aliphatic rings. The van der Waals surface area contributed by atoms with Gasteiger partial charge in [-0.05, 0) is 25.1 Å². The Morgan fingerprint density at radius 3 is 2.50 bits per heavy atom. The molecule has 6 heteroatoms. The summed E-state index contributed by atoms with van der Waals surface area (Å²) in [6.07, 6.45) is 0. The van der Waals surface area contributed by atoms with Crippen LogP contribution in [0.3, 0.4) is 0 Å². The minimum atomic E-state index is 0. The van der Waals surface area contributed by atoms with E-state index in [1.54, 1.807) is 0 Å². The summed E-state index contributed by atoms with van der Waals surface area (Å²) >= 11 is 0. The number of nitrogens with one attached hydrogen (secondary N) is 1. The van der Waals surface area contributed by atoms with Gasteiger partial charge in [-0.25, -0.2) is 0 Å². The molecule has 0 aliphatic carbocycles. The number of hydrogen-bond acceptors (Lipinski definition) is 3. The standard InChI is InChI=1S/C16H27N5.HI/c1-14(13-21-10-8-20(2)9-11-21)12-18-16(17)19-15-6-4-3-5-7-15;/h3-7,14H,8-13H2,1-2H3,(H3,17,18,19);1H. The molecule has 0 spiro atoms. The molecule has 3 N–H and O–H groups in total. The number of nitrogens with zero attached hydrogens (tertiary/aromatic N) is 3. The lowest BCUT2D eigenvalue weighted by Gasteiger charge is -2.33. The highest BCUT2D eigenvalue weighted by molar-refractivity contribution is 14.0. The van der Waals surface area contributed by atoms with Gasteiger partial charge in [-0.2, -0.15) is 0 Å². The monoisotopic (exact) mass is 417 g/mol. The van der Waals surface area contributed by atoms with Crippen molar-refractivity contribution in [3.8, 4) is 0 Å². The van der Waals surface area contributed by atoms with Crippen molar-refractivity contribution >= 4 is 35.6 Å². The number of benzene rings is 1. The highest BCUT2D eigenvalue weighted by Crippen LogP contribution is 2.06. The van der Waals surface area contributed by atoms with Crippen molar-refractivity contribution in [2.45, 2.75) is 6.92 Å². The first-order chi connectivity index (χ1) is 10.1. The molecule has 0 saturated carbocycles. The first-order valence-corrected chi connectivity index (χ1v) is 7.66. The van der Waals surface area contributed by atoms with Gasteiger partial charge in [-0.15, -0.1) is 24.0 Å².